The lowest BCUT2D eigenvalue weighted by Gasteiger charge is -2.08. The van der Waals surface area contributed by atoms with Gasteiger partial charge in [-0.3, -0.25) is 0 Å². The van der Waals surface area contributed by atoms with Gasteiger partial charge in [0.15, 0.2) is 17.2 Å². The van der Waals surface area contributed by atoms with Crippen molar-refractivity contribution in [3.8, 4) is 11.5 Å². The molecule has 0 fully saturated rings. The lowest BCUT2D eigenvalue weighted by molar-refractivity contribution is -0.129. The monoisotopic (exact) mass is 351 g/mol. The highest BCUT2D eigenvalue weighted by Gasteiger charge is 2.25. The number of nitrogens with zero attached hydrogens (tertiary/aromatic N) is 1. The van der Waals surface area contributed by atoms with E-state index in [4.69, 9.17) is 14.2 Å². The molecule has 1 aliphatic heterocycles. The highest BCUT2D eigenvalue weighted by molar-refractivity contribution is 6.13. The number of ether oxygens (including phenoxy) is 3. The van der Waals surface area contributed by atoms with E-state index in [0.29, 0.717) is 23.0 Å². The summed E-state index contributed by atoms with van der Waals surface area (Å²) >= 11 is 0. The summed E-state index contributed by atoms with van der Waals surface area (Å²) in [6.45, 7) is 4.28. The van der Waals surface area contributed by atoms with Gasteiger partial charge < -0.3 is 14.2 Å². The maximum atomic E-state index is 12.2. The molecule has 5 heteroatoms. The molecule has 1 aliphatic rings. The van der Waals surface area contributed by atoms with Crippen molar-refractivity contribution in [2.24, 2.45) is 4.99 Å². The van der Waals surface area contributed by atoms with Crippen molar-refractivity contribution in [3.05, 3.63) is 64.9 Å². The molecule has 0 aliphatic carbocycles. The third-order valence-corrected chi connectivity index (χ3v) is 4.16. The fourth-order valence-electron chi connectivity index (χ4n) is 2.64. The molecule has 3 rings (SSSR count). The standard InChI is InChI=1S/C21H21NO4/c1-13(2)15-7-5-14(6-8-15)11-17-21(23)26-20(22-17)16-9-10-18(24-3)19(12-16)25-4/h5-13H,1-4H3/b17-11-. The van der Waals surface area contributed by atoms with E-state index in [2.05, 4.69) is 31.0 Å². The molecular formula is C21H21NO4. The van der Waals surface area contributed by atoms with Crippen LogP contribution in [0.5, 0.6) is 11.5 Å². The van der Waals surface area contributed by atoms with Crippen LogP contribution in [-0.4, -0.2) is 26.1 Å². The van der Waals surface area contributed by atoms with E-state index in [0.717, 1.165) is 5.56 Å². The lowest BCUT2D eigenvalue weighted by atomic mass is 10.0. The number of benzene rings is 2. The Kier molecular flexibility index (Phi) is 5.07. The Hall–Kier alpha value is -3.08. The van der Waals surface area contributed by atoms with Gasteiger partial charge in [0.25, 0.3) is 0 Å². The van der Waals surface area contributed by atoms with Crippen molar-refractivity contribution in [2.75, 3.05) is 14.2 Å². The van der Waals surface area contributed by atoms with Gasteiger partial charge in [0.05, 0.1) is 14.2 Å². The van der Waals surface area contributed by atoms with Gasteiger partial charge in [0.2, 0.25) is 5.90 Å². The maximum Gasteiger partial charge on any atom is 0.363 e. The van der Waals surface area contributed by atoms with Gasteiger partial charge in [-0.15, -0.1) is 0 Å². The van der Waals surface area contributed by atoms with Crippen molar-refractivity contribution < 1.29 is 19.0 Å². The summed E-state index contributed by atoms with van der Waals surface area (Å²) in [7, 11) is 3.12. The summed E-state index contributed by atoms with van der Waals surface area (Å²) in [5.41, 5.74) is 3.07. The highest BCUT2D eigenvalue weighted by atomic mass is 16.6. The summed E-state index contributed by atoms with van der Waals surface area (Å²) in [5, 5.41) is 0. The number of aliphatic imine (C=N–C) groups is 1. The van der Waals surface area contributed by atoms with Crippen LogP contribution in [0.2, 0.25) is 0 Å². The van der Waals surface area contributed by atoms with E-state index < -0.39 is 5.97 Å². The highest BCUT2D eigenvalue weighted by Crippen LogP contribution is 2.29. The van der Waals surface area contributed by atoms with E-state index in [-0.39, 0.29) is 11.6 Å². The summed E-state index contributed by atoms with van der Waals surface area (Å²) in [6, 6.07) is 13.3. The van der Waals surface area contributed by atoms with Crippen molar-refractivity contribution in [1.29, 1.82) is 0 Å². The van der Waals surface area contributed by atoms with E-state index in [1.54, 1.807) is 38.5 Å². The summed E-state index contributed by atoms with van der Waals surface area (Å²) in [6.07, 6.45) is 1.72. The Morgan fingerprint density at radius 3 is 2.31 bits per heavy atom. The predicted octanol–water partition coefficient (Wildman–Crippen LogP) is 4.17. The van der Waals surface area contributed by atoms with Gasteiger partial charge in [-0.25, -0.2) is 9.79 Å². The van der Waals surface area contributed by atoms with Crippen LogP contribution >= 0.6 is 0 Å². The molecule has 0 unspecified atom stereocenters. The zero-order valence-corrected chi connectivity index (χ0v) is 15.3. The molecule has 134 valence electrons. The molecule has 5 nitrogen and oxygen atoms in total. The Morgan fingerprint density at radius 2 is 1.69 bits per heavy atom. The van der Waals surface area contributed by atoms with Gasteiger partial charge in [0.1, 0.15) is 0 Å². The van der Waals surface area contributed by atoms with Gasteiger partial charge in [0, 0.05) is 5.56 Å². The first kappa shape index (κ1) is 17.7. The minimum Gasteiger partial charge on any atom is -0.493 e. The molecule has 0 saturated carbocycles. The van der Waals surface area contributed by atoms with Crippen LogP contribution in [0.3, 0.4) is 0 Å². The number of esters is 1. The zero-order valence-electron chi connectivity index (χ0n) is 15.3. The van der Waals surface area contributed by atoms with Crippen molar-refractivity contribution in [3.63, 3.8) is 0 Å². The zero-order chi connectivity index (χ0) is 18.7. The van der Waals surface area contributed by atoms with Crippen LogP contribution in [-0.2, 0) is 9.53 Å². The fourth-order valence-corrected chi connectivity index (χ4v) is 2.64. The maximum absolute atomic E-state index is 12.2. The molecule has 26 heavy (non-hydrogen) atoms. The van der Waals surface area contributed by atoms with E-state index in [9.17, 15) is 4.79 Å². The number of methoxy groups -OCH3 is 2. The lowest BCUT2D eigenvalue weighted by Crippen LogP contribution is -2.06. The molecular weight excluding hydrogens is 330 g/mol. The van der Waals surface area contributed by atoms with E-state index >= 15 is 0 Å². The summed E-state index contributed by atoms with van der Waals surface area (Å²) < 4.78 is 15.8. The normalized spacial score (nSPS) is 15.2. The van der Waals surface area contributed by atoms with Crippen LogP contribution in [0.15, 0.2) is 53.2 Å². The van der Waals surface area contributed by atoms with Crippen molar-refractivity contribution in [1.82, 2.24) is 0 Å². The van der Waals surface area contributed by atoms with Crippen LogP contribution in [0.4, 0.5) is 0 Å². The minimum atomic E-state index is -0.470. The second kappa shape index (κ2) is 7.44. The molecule has 2 aromatic carbocycles. The molecule has 0 N–H and O–H groups in total. The first-order valence-electron chi connectivity index (χ1n) is 8.36. The first-order chi connectivity index (χ1) is 12.5. The number of hydrogen-bond donors (Lipinski definition) is 0. The predicted molar refractivity (Wildman–Crippen MR) is 101 cm³/mol. The first-order valence-corrected chi connectivity index (χ1v) is 8.36. The smallest absolute Gasteiger partial charge is 0.363 e. The van der Waals surface area contributed by atoms with Crippen molar-refractivity contribution in [2.45, 2.75) is 19.8 Å². The SMILES string of the molecule is COc1ccc(C2=N/C(=C\c3ccc(C(C)C)cc3)C(=O)O2)cc1OC. The second-order valence-electron chi connectivity index (χ2n) is 6.23. The molecule has 0 radical (unpaired) electrons. The molecule has 0 spiro atoms. The van der Waals surface area contributed by atoms with Gasteiger partial charge in [-0.1, -0.05) is 38.1 Å². The number of hydrogen-bond acceptors (Lipinski definition) is 5. The molecule has 0 atom stereocenters. The number of carbonyl (C=O) groups is 1. The van der Waals surface area contributed by atoms with Crippen LogP contribution in [0, 0.1) is 0 Å². The minimum absolute atomic E-state index is 0.251. The quantitative estimate of drug-likeness (QED) is 0.599. The molecule has 0 saturated heterocycles. The van der Waals surface area contributed by atoms with Gasteiger partial charge in [-0.05, 0) is 41.3 Å². The number of carbonyl (C=O) groups excluding carboxylic acids is 1. The summed E-state index contributed by atoms with van der Waals surface area (Å²) in [5.74, 6) is 1.39. The number of rotatable bonds is 5. The fraction of sp³-hybridized carbons (Fsp3) is 0.238. The second-order valence-corrected chi connectivity index (χ2v) is 6.23. The van der Waals surface area contributed by atoms with E-state index in [1.807, 2.05) is 12.1 Å². The van der Waals surface area contributed by atoms with Gasteiger partial charge >= 0.3 is 5.97 Å². The topological polar surface area (TPSA) is 57.1 Å². The molecule has 0 aromatic heterocycles. The van der Waals surface area contributed by atoms with Crippen LogP contribution < -0.4 is 9.47 Å². The Labute approximate surface area is 152 Å². The third-order valence-electron chi connectivity index (χ3n) is 4.16. The third kappa shape index (κ3) is 3.61. The van der Waals surface area contributed by atoms with Gasteiger partial charge in [-0.2, -0.15) is 0 Å². The Bertz CT molecular complexity index is 879. The molecule has 2 aromatic rings. The molecule has 0 bridgehead atoms. The van der Waals surface area contributed by atoms with E-state index in [1.165, 1.54) is 5.56 Å². The summed E-state index contributed by atoms with van der Waals surface area (Å²) in [4.78, 5) is 16.5. The largest absolute Gasteiger partial charge is 0.493 e. The van der Waals surface area contributed by atoms with Crippen LogP contribution in [0.25, 0.3) is 6.08 Å². The molecule has 0 amide bonds. The Morgan fingerprint density at radius 1 is 1.00 bits per heavy atom. The average molecular weight is 351 g/mol. The molecule has 1 heterocycles. The van der Waals surface area contributed by atoms with Crippen molar-refractivity contribution >= 4 is 17.9 Å². The van der Waals surface area contributed by atoms with Crippen LogP contribution in [0.1, 0.15) is 36.5 Å². The Balaban J connectivity index is 1.89. The number of cyclic esters (lactones) is 1. The average Bonchev–Trinajstić information content (AvgIpc) is 3.02.